The van der Waals surface area contributed by atoms with E-state index in [1.165, 1.54) is 28.6 Å². The average Bonchev–Trinajstić information content (AvgIpc) is 3.39. The third kappa shape index (κ3) is 4.83. The smallest absolute Gasteiger partial charge is 0.322 e. The van der Waals surface area contributed by atoms with Gasteiger partial charge in [0.25, 0.3) is 11.8 Å². The predicted molar refractivity (Wildman–Crippen MR) is 107 cm³/mol. The lowest BCUT2D eigenvalue weighted by molar-refractivity contribution is 0.102. The molecule has 0 atom stereocenters. The first-order valence-electron chi connectivity index (χ1n) is 8.98. The third-order valence-electron chi connectivity index (χ3n) is 3.92. The number of hydrogen-bond donors (Lipinski definition) is 1. The van der Waals surface area contributed by atoms with Crippen LogP contribution in [0.5, 0.6) is 0 Å². The van der Waals surface area contributed by atoms with Gasteiger partial charge in [0.05, 0.1) is 4.90 Å². The second kappa shape index (κ2) is 9.20. The monoisotopic (exact) mass is 436 g/mol. The van der Waals surface area contributed by atoms with E-state index in [2.05, 4.69) is 25.1 Å². The van der Waals surface area contributed by atoms with Gasteiger partial charge >= 0.3 is 6.01 Å². The molecule has 0 saturated carbocycles. The third-order valence-corrected chi connectivity index (χ3v) is 6.34. The molecule has 1 N–H and O–H groups in total. The maximum atomic E-state index is 12.8. The maximum absolute atomic E-state index is 12.8. The Labute approximate surface area is 172 Å². The number of anilines is 1. The first-order valence-corrected chi connectivity index (χ1v) is 11.3. The van der Waals surface area contributed by atoms with Crippen LogP contribution in [0.4, 0.5) is 6.01 Å². The molecule has 0 aliphatic rings. The van der Waals surface area contributed by atoms with E-state index in [4.69, 9.17) is 4.42 Å². The van der Waals surface area contributed by atoms with Gasteiger partial charge in [0.1, 0.15) is 0 Å². The van der Waals surface area contributed by atoms with Crippen molar-refractivity contribution in [2.24, 2.45) is 0 Å². The van der Waals surface area contributed by atoms with Crippen LogP contribution in [0.25, 0.3) is 11.6 Å². The summed E-state index contributed by atoms with van der Waals surface area (Å²) in [5, 5.41) is 15.5. The molecule has 1 amide bonds. The number of sulfonamides is 1. The summed E-state index contributed by atoms with van der Waals surface area (Å²) < 4.78 is 36.1. The minimum atomic E-state index is -3.60. The van der Waals surface area contributed by atoms with E-state index in [0.29, 0.717) is 18.8 Å². The van der Waals surface area contributed by atoms with Crippen LogP contribution in [0.2, 0.25) is 0 Å². The molecular weight excluding hydrogens is 416 g/mol. The highest BCUT2D eigenvalue weighted by atomic mass is 32.2. The fourth-order valence-electron chi connectivity index (χ4n) is 2.58. The Kier molecular flexibility index (Phi) is 6.67. The van der Waals surface area contributed by atoms with E-state index < -0.39 is 15.9 Å². The van der Waals surface area contributed by atoms with Gasteiger partial charge in [-0.25, -0.2) is 8.42 Å². The fourth-order valence-corrected chi connectivity index (χ4v) is 4.64. The molecule has 12 heteroatoms. The number of carbonyl (C=O) groups excluding carboxylic acids is 1. The van der Waals surface area contributed by atoms with Crippen molar-refractivity contribution in [1.29, 1.82) is 0 Å². The topological polar surface area (TPSA) is 131 Å². The van der Waals surface area contributed by atoms with Crippen LogP contribution in [-0.4, -0.2) is 51.5 Å². The Balaban J connectivity index is 1.71. The first-order chi connectivity index (χ1) is 14.0. The van der Waals surface area contributed by atoms with Crippen molar-refractivity contribution in [3.63, 3.8) is 0 Å². The van der Waals surface area contributed by atoms with Crippen LogP contribution in [0, 0.1) is 0 Å². The molecule has 0 aliphatic heterocycles. The Morgan fingerprint density at radius 1 is 1.10 bits per heavy atom. The van der Waals surface area contributed by atoms with Crippen molar-refractivity contribution in [3.8, 4) is 11.6 Å². The minimum absolute atomic E-state index is 0.0910. The summed E-state index contributed by atoms with van der Waals surface area (Å²) in [6.07, 6.45) is 1.45. The van der Waals surface area contributed by atoms with Crippen molar-refractivity contribution in [2.75, 3.05) is 18.4 Å². The van der Waals surface area contributed by atoms with Gasteiger partial charge in [-0.3, -0.25) is 10.1 Å². The molecular formula is C17H20N6O4S2. The Hall–Kier alpha value is -2.70. The van der Waals surface area contributed by atoms with Crippen LogP contribution in [0.1, 0.15) is 37.0 Å². The van der Waals surface area contributed by atoms with Gasteiger partial charge in [0.2, 0.25) is 10.0 Å². The molecule has 3 rings (SSSR count). The number of rotatable bonds is 9. The molecule has 0 fully saturated rings. The molecule has 2 heterocycles. The van der Waals surface area contributed by atoms with Gasteiger partial charge in [-0.2, -0.15) is 4.31 Å². The quantitative estimate of drug-likeness (QED) is 0.541. The van der Waals surface area contributed by atoms with Gasteiger partial charge < -0.3 is 4.42 Å². The summed E-state index contributed by atoms with van der Waals surface area (Å²) in [5.74, 6) is -0.359. The average molecular weight is 437 g/mol. The van der Waals surface area contributed by atoms with Crippen molar-refractivity contribution in [3.05, 3.63) is 35.2 Å². The highest BCUT2D eigenvalue weighted by molar-refractivity contribution is 7.89. The Morgan fingerprint density at radius 3 is 2.38 bits per heavy atom. The van der Waals surface area contributed by atoms with Crippen LogP contribution in [0.15, 0.2) is 39.0 Å². The molecule has 0 bridgehead atoms. The van der Waals surface area contributed by atoms with Crippen molar-refractivity contribution < 1.29 is 17.6 Å². The van der Waals surface area contributed by atoms with E-state index in [0.717, 1.165) is 24.4 Å². The van der Waals surface area contributed by atoms with Gasteiger partial charge in [-0.05, 0) is 48.6 Å². The molecule has 0 saturated heterocycles. The lowest BCUT2D eigenvalue weighted by Gasteiger charge is -2.21. The zero-order valence-corrected chi connectivity index (χ0v) is 17.5. The second-order valence-electron chi connectivity index (χ2n) is 6.09. The molecule has 0 radical (unpaired) electrons. The number of aromatic nitrogens is 4. The zero-order valence-electron chi connectivity index (χ0n) is 15.9. The summed E-state index contributed by atoms with van der Waals surface area (Å²) in [7, 11) is -3.60. The van der Waals surface area contributed by atoms with Crippen molar-refractivity contribution >= 4 is 33.5 Å². The molecule has 29 heavy (non-hydrogen) atoms. The normalized spacial score (nSPS) is 11.7. The van der Waals surface area contributed by atoms with E-state index in [1.807, 2.05) is 13.8 Å². The number of amides is 1. The van der Waals surface area contributed by atoms with E-state index >= 15 is 0 Å². The van der Waals surface area contributed by atoms with Crippen LogP contribution < -0.4 is 5.32 Å². The molecule has 3 aromatic rings. The summed E-state index contributed by atoms with van der Waals surface area (Å²) in [6.45, 7) is 4.76. The van der Waals surface area contributed by atoms with Gasteiger partial charge in [-0.15, -0.1) is 10.2 Å². The molecule has 10 nitrogen and oxygen atoms in total. The summed E-state index contributed by atoms with van der Waals surface area (Å²) in [6, 6.07) is 5.64. The lowest BCUT2D eigenvalue weighted by atomic mass is 10.2. The number of hydrogen-bond acceptors (Lipinski definition) is 9. The summed E-state index contributed by atoms with van der Waals surface area (Å²) in [4.78, 5) is 12.5. The zero-order chi connectivity index (χ0) is 20.9. The van der Waals surface area contributed by atoms with Crippen LogP contribution in [-0.2, 0) is 10.0 Å². The van der Waals surface area contributed by atoms with Crippen LogP contribution in [0.3, 0.4) is 0 Å². The SMILES string of the molecule is CCCN(CCC)S(=O)(=O)c1ccc(C(=O)Nc2nnc(-c3csnn3)o2)cc1. The van der Waals surface area contributed by atoms with E-state index in [1.54, 1.807) is 5.38 Å². The van der Waals surface area contributed by atoms with Gasteiger partial charge in [-0.1, -0.05) is 23.4 Å². The lowest BCUT2D eigenvalue weighted by Crippen LogP contribution is -2.32. The van der Waals surface area contributed by atoms with Crippen molar-refractivity contribution in [1.82, 2.24) is 24.1 Å². The summed E-state index contributed by atoms with van der Waals surface area (Å²) >= 11 is 1.14. The molecule has 0 aliphatic carbocycles. The van der Waals surface area contributed by atoms with Crippen molar-refractivity contribution in [2.45, 2.75) is 31.6 Å². The van der Waals surface area contributed by atoms with Gasteiger partial charge in [0.15, 0.2) is 5.69 Å². The largest absolute Gasteiger partial charge is 0.401 e. The molecule has 1 aromatic carbocycles. The number of carbonyl (C=O) groups is 1. The Bertz CT molecular complexity index is 1040. The molecule has 2 aromatic heterocycles. The maximum Gasteiger partial charge on any atom is 0.322 e. The van der Waals surface area contributed by atoms with E-state index in [9.17, 15) is 13.2 Å². The predicted octanol–water partition coefficient (Wildman–Crippen LogP) is 2.65. The number of benzene rings is 1. The molecule has 154 valence electrons. The molecule has 0 unspecified atom stereocenters. The highest BCUT2D eigenvalue weighted by Gasteiger charge is 2.23. The number of nitrogens with zero attached hydrogens (tertiary/aromatic N) is 5. The molecule has 0 spiro atoms. The highest BCUT2D eigenvalue weighted by Crippen LogP contribution is 2.20. The number of nitrogens with one attached hydrogen (secondary N) is 1. The van der Waals surface area contributed by atoms with E-state index in [-0.39, 0.29) is 22.4 Å². The van der Waals surface area contributed by atoms with Gasteiger partial charge in [0, 0.05) is 24.0 Å². The second-order valence-corrected chi connectivity index (χ2v) is 8.63. The minimum Gasteiger partial charge on any atom is -0.401 e. The fraction of sp³-hybridized carbons (Fsp3) is 0.353. The Morgan fingerprint density at radius 2 is 1.79 bits per heavy atom. The standard InChI is InChI=1S/C17H20N6O4S2/c1-3-9-23(10-4-2)29(25,26)13-7-5-12(6-8-13)15(24)18-17-21-20-16(27-17)14-11-28-22-19-14/h5-8,11H,3-4,9-10H2,1-2H3,(H,18,21,24). The van der Waals surface area contributed by atoms with Crippen LogP contribution >= 0.6 is 11.5 Å². The first kappa shape index (κ1) is 21.0. The summed E-state index contributed by atoms with van der Waals surface area (Å²) in [5.41, 5.74) is 0.679.